The zero-order chi connectivity index (χ0) is 15.3. The molecule has 1 amide bonds. The summed E-state index contributed by atoms with van der Waals surface area (Å²) >= 11 is 0. The highest BCUT2D eigenvalue weighted by Gasteiger charge is 2.24. The third-order valence-corrected chi connectivity index (χ3v) is 2.73. The minimum absolute atomic E-state index is 0.0413. The van der Waals surface area contributed by atoms with Gasteiger partial charge in [0.15, 0.2) is 0 Å². The third kappa shape index (κ3) is 4.62. The first-order valence-electron chi connectivity index (χ1n) is 6.42. The summed E-state index contributed by atoms with van der Waals surface area (Å²) in [5.41, 5.74) is -1.35. The predicted molar refractivity (Wildman–Crippen MR) is 73.6 cm³/mol. The van der Waals surface area contributed by atoms with Gasteiger partial charge in [-0.15, -0.1) is 0 Å². The Kier molecular flexibility index (Phi) is 5.21. The van der Waals surface area contributed by atoms with E-state index in [-0.39, 0.29) is 23.7 Å². The van der Waals surface area contributed by atoms with Gasteiger partial charge in [-0.2, -0.15) is 0 Å². The number of carbonyl (C=O) groups excluding carboxylic acids is 1. The zero-order valence-corrected chi connectivity index (χ0v) is 11.9. The predicted octanol–water partition coefficient (Wildman–Crippen LogP) is 1.31. The summed E-state index contributed by atoms with van der Waals surface area (Å²) in [4.78, 5) is 26.7. The lowest BCUT2D eigenvalue weighted by Crippen LogP contribution is -2.42. The van der Waals surface area contributed by atoms with Gasteiger partial charge in [0.05, 0.1) is 11.2 Å². The topological polar surface area (TPSA) is 99.5 Å². The summed E-state index contributed by atoms with van der Waals surface area (Å²) in [6, 6.07) is 2.77. The molecule has 6 nitrogen and oxygen atoms in total. The van der Waals surface area contributed by atoms with E-state index >= 15 is 0 Å². The first-order valence-corrected chi connectivity index (χ1v) is 6.42. The molecule has 0 saturated carbocycles. The van der Waals surface area contributed by atoms with E-state index in [1.165, 1.54) is 18.3 Å². The second-order valence-corrected chi connectivity index (χ2v) is 5.48. The number of aliphatic hydroxyl groups is 1. The lowest BCUT2D eigenvalue weighted by molar-refractivity contribution is 0.0367. The summed E-state index contributed by atoms with van der Waals surface area (Å²) in [6.07, 6.45) is 1.88. The maximum absolute atomic E-state index is 12.0. The molecule has 20 heavy (non-hydrogen) atoms. The summed E-state index contributed by atoms with van der Waals surface area (Å²) in [6.45, 7) is 5.61. The molecule has 1 heterocycles. The van der Waals surface area contributed by atoms with Crippen molar-refractivity contribution < 1.29 is 19.8 Å². The van der Waals surface area contributed by atoms with Crippen LogP contribution in [0.25, 0.3) is 0 Å². The molecule has 0 aliphatic rings. The van der Waals surface area contributed by atoms with E-state index in [4.69, 9.17) is 5.11 Å². The van der Waals surface area contributed by atoms with Crippen molar-refractivity contribution in [3.05, 3.63) is 29.6 Å². The van der Waals surface area contributed by atoms with Crippen LogP contribution in [0.4, 0.5) is 0 Å². The van der Waals surface area contributed by atoms with Gasteiger partial charge in [0, 0.05) is 12.7 Å². The van der Waals surface area contributed by atoms with Gasteiger partial charge in [0.1, 0.15) is 5.69 Å². The van der Waals surface area contributed by atoms with Gasteiger partial charge in [0.25, 0.3) is 5.91 Å². The highest BCUT2D eigenvalue weighted by Crippen LogP contribution is 2.15. The second-order valence-electron chi connectivity index (χ2n) is 5.48. The average Bonchev–Trinajstić information content (AvgIpc) is 2.34. The fraction of sp³-hybridized carbons (Fsp3) is 0.500. The van der Waals surface area contributed by atoms with Gasteiger partial charge in [-0.3, -0.25) is 9.78 Å². The van der Waals surface area contributed by atoms with Gasteiger partial charge in [0.2, 0.25) is 0 Å². The van der Waals surface area contributed by atoms with Crippen LogP contribution < -0.4 is 5.32 Å². The van der Waals surface area contributed by atoms with E-state index < -0.39 is 17.5 Å². The standard InChI is InChI=1S/C14H20N2O4/c1-9(2)7-14(3,20)8-16-12(17)11-10(13(18)19)5-4-6-15-11/h4-6,9,20H,7-8H2,1-3H3,(H,16,17)(H,18,19). The van der Waals surface area contributed by atoms with Crippen molar-refractivity contribution in [2.75, 3.05) is 6.54 Å². The second kappa shape index (κ2) is 6.47. The number of hydrogen-bond donors (Lipinski definition) is 3. The summed E-state index contributed by atoms with van der Waals surface area (Å²) in [5.74, 6) is -1.53. The Labute approximate surface area is 117 Å². The molecule has 0 fully saturated rings. The molecule has 0 saturated heterocycles. The molecule has 0 radical (unpaired) electrons. The van der Waals surface area contributed by atoms with Crippen molar-refractivity contribution >= 4 is 11.9 Å². The van der Waals surface area contributed by atoms with Crippen LogP contribution in [-0.4, -0.2) is 39.2 Å². The molecule has 0 bridgehead atoms. The molecular formula is C14H20N2O4. The SMILES string of the molecule is CC(C)CC(C)(O)CNC(=O)c1ncccc1C(=O)O. The normalized spacial score (nSPS) is 13.8. The van der Waals surface area contributed by atoms with Crippen LogP contribution in [0.2, 0.25) is 0 Å². The molecule has 6 heteroatoms. The molecule has 0 spiro atoms. The number of pyridine rings is 1. The molecule has 1 aromatic rings. The van der Waals surface area contributed by atoms with Gasteiger partial charge in [-0.1, -0.05) is 13.8 Å². The highest BCUT2D eigenvalue weighted by atomic mass is 16.4. The molecule has 0 aromatic carbocycles. The van der Waals surface area contributed by atoms with E-state index in [1.807, 2.05) is 13.8 Å². The quantitative estimate of drug-likeness (QED) is 0.729. The van der Waals surface area contributed by atoms with Gasteiger partial charge in [-0.05, 0) is 31.4 Å². The van der Waals surface area contributed by atoms with Crippen LogP contribution in [0, 0.1) is 5.92 Å². The number of carboxylic acids is 1. The number of amides is 1. The summed E-state index contributed by atoms with van der Waals surface area (Å²) in [7, 11) is 0. The number of nitrogens with zero attached hydrogens (tertiary/aromatic N) is 1. The van der Waals surface area contributed by atoms with Crippen LogP contribution in [-0.2, 0) is 0 Å². The summed E-state index contributed by atoms with van der Waals surface area (Å²) < 4.78 is 0. The van der Waals surface area contributed by atoms with Crippen molar-refractivity contribution in [3.63, 3.8) is 0 Å². The average molecular weight is 280 g/mol. The minimum Gasteiger partial charge on any atom is -0.478 e. The number of nitrogens with one attached hydrogen (secondary N) is 1. The first kappa shape index (κ1) is 16.1. The lowest BCUT2D eigenvalue weighted by Gasteiger charge is -2.25. The van der Waals surface area contributed by atoms with Crippen LogP contribution in [0.3, 0.4) is 0 Å². The van der Waals surface area contributed by atoms with E-state index in [1.54, 1.807) is 6.92 Å². The van der Waals surface area contributed by atoms with Gasteiger partial charge in [-0.25, -0.2) is 4.79 Å². The Balaban J connectivity index is 2.75. The van der Waals surface area contributed by atoms with Crippen molar-refractivity contribution in [1.29, 1.82) is 0 Å². The van der Waals surface area contributed by atoms with E-state index in [9.17, 15) is 14.7 Å². The molecule has 110 valence electrons. The maximum atomic E-state index is 12.0. The molecule has 3 N–H and O–H groups in total. The van der Waals surface area contributed by atoms with Crippen molar-refractivity contribution in [1.82, 2.24) is 10.3 Å². The van der Waals surface area contributed by atoms with E-state index in [2.05, 4.69) is 10.3 Å². The monoisotopic (exact) mass is 280 g/mol. The zero-order valence-electron chi connectivity index (χ0n) is 11.9. The highest BCUT2D eigenvalue weighted by molar-refractivity contribution is 6.03. The smallest absolute Gasteiger partial charge is 0.338 e. The molecule has 0 aliphatic heterocycles. The van der Waals surface area contributed by atoms with Crippen molar-refractivity contribution in [2.45, 2.75) is 32.8 Å². The van der Waals surface area contributed by atoms with E-state index in [0.717, 1.165) is 0 Å². The van der Waals surface area contributed by atoms with Crippen LogP contribution in [0.5, 0.6) is 0 Å². The van der Waals surface area contributed by atoms with E-state index in [0.29, 0.717) is 6.42 Å². The Morgan fingerprint density at radius 2 is 2.10 bits per heavy atom. The summed E-state index contributed by atoms with van der Waals surface area (Å²) in [5, 5.41) is 21.6. The molecule has 1 aromatic heterocycles. The Hall–Kier alpha value is -1.95. The molecule has 1 unspecified atom stereocenters. The van der Waals surface area contributed by atoms with Crippen LogP contribution in [0.1, 0.15) is 48.0 Å². The number of hydrogen-bond acceptors (Lipinski definition) is 4. The largest absolute Gasteiger partial charge is 0.478 e. The van der Waals surface area contributed by atoms with Crippen molar-refractivity contribution in [3.8, 4) is 0 Å². The minimum atomic E-state index is -1.21. The molecule has 1 atom stereocenters. The fourth-order valence-corrected chi connectivity index (χ4v) is 2.06. The lowest BCUT2D eigenvalue weighted by atomic mass is 9.94. The van der Waals surface area contributed by atoms with Gasteiger partial charge >= 0.3 is 5.97 Å². The fourth-order valence-electron chi connectivity index (χ4n) is 2.06. The Morgan fingerprint density at radius 1 is 1.45 bits per heavy atom. The number of carbonyl (C=O) groups is 2. The molecule has 1 rings (SSSR count). The number of aromatic nitrogens is 1. The Bertz CT molecular complexity index is 498. The Morgan fingerprint density at radius 3 is 2.65 bits per heavy atom. The van der Waals surface area contributed by atoms with Crippen LogP contribution >= 0.6 is 0 Å². The number of carboxylic acid groups (broad SMARTS) is 1. The molecular weight excluding hydrogens is 260 g/mol. The first-order chi connectivity index (χ1) is 9.23. The van der Waals surface area contributed by atoms with Crippen molar-refractivity contribution in [2.24, 2.45) is 5.92 Å². The van der Waals surface area contributed by atoms with Gasteiger partial charge < -0.3 is 15.5 Å². The third-order valence-electron chi connectivity index (χ3n) is 2.73. The molecule has 0 aliphatic carbocycles. The number of rotatable bonds is 6. The maximum Gasteiger partial charge on any atom is 0.338 e. The van der Waals surface area contributed by atoms with Crippen LogP contribution in [0.15, 0.2) is 18.3 Å². The number of aromatic carboxylic acids is 1.